The Balaban J connectivity index is 2.77. The molecule has 0 atom stereocenters. The Morgan fingerprint density at radius 3 is 2.60 bits per heavy atom. The van der Waals surface area contributed by atoms with Crippen molar-refractivity contribution in [1.82, 2.24) is 4.98 Å². The first-order valence-electron chi connectivity index (χ1n) is 6.47. The normalized spacial score (nSPS) is 11.7. The molecule has 0 bridgehead atoms. The van der Waals surface area contributed by atoms with Gasteiger partial charge >= 0.3 is 0 Å². The molecule has 2 N–H and O–H groups in total. The fourth-order valence-electron chi connectivity index (χ4n) is 1.43. The summed E-state index contributed by atoms with van der Waals surface area (Å²) >= 11 is 0. The lowest BCUT2D eigenvalue weighted by atomic mass is 10.2. The van der Waals surface area contributed by atoms with E-state index in [0.29, 0.717) is 36.5 Å². The van der Waals surface area contributed by atoms with E-state index in [-0.39, 0.29) is 5.75 Å². The molecule has 0 saturated carbocycles. The summed E-state index contributed by atoms with van der Waals surface area (Å²) in [4.78, 5) is 6.10. The predicted octanol–water partition coefficient (Wildman–Crippen LogP) is 1.18. The lowest BCUT2D eigenvalue weighted by Gasteiger charge is -2.19. The molecule has 1 aromatic heterocycles. The molecule has 1 rings (SSSR count). The van der Waals surface area contributed by atoms with Crippen molar-refractivity contribution in [3.63, 3.8) is 0 Å². The number of aromatic nitrogens is 1. The van der Waals surface area contributed by atoms with Crippen molar-refractivity contribution in [3.05, 3.63) is 12.1 Å². The number of nitrogen functional groups attached to an aromatic ring is 1. The fourth-order valence-corrected chi connectivity index (χ4v) is 2.04. The molecule has 0 radical (unpaired) electrons. The van der Waals surface area contributed by atoms with Crippen LogP contribution in [-0.2, 0) is 9.84 Å². The molecule has 0 amide bonds. The number of rotatable bonds is 7. The summed E-state index contributed by atoms with van der Waals surface area (Å²) in [6.07, 6.45) is 1.22. The highest BCUT2D eigenvalue weighted by Crippen LogP contribution is 2.23. The minimum Gasteiger partial charge on any atom is -0.476 e. The molecule has 0 saturated heterocycles. The van der Waals surface area contributed by atoms with Gasteiger partial charge in [0.15, 0.2) is 0 Å². The highest BCUT2D eigenvalue weighted by atomic mass is 32.2. The minimum atomic E-state index is -2.99. The zero-order chi connectivity index (χ0) is 15.3. The lowest BCUT2D eigenvalue weighted by molar-refractivity contribution is 0.263. The molecule has 20 heavy (non-hydrogen) atoms. The maximum absolute atomic E-state index is 11.2. The first-order chi connectivity index (χ1) is 9.19. The smallest absolute Gasteiger partial charge is 0.239 e. The number of sulfone groups is 1. The Hall–Kier alpha value is -1.50. The fraction of sp³-hybridized carbons (Fsp3) is 0.615. The Morgan fingerprint density at radius 2 is 2.05 bits per heavy atom. The van der Waals surface area contributed by atoms with Crippen LogP contribution in [0.1, 0.15) is 13.8 Å². The van der Waals surface area contributed by atoms with E-state index in [9.17, 15) is 8.42 Å². The summed E-state index contributed by atoms with van der Waals surface area (Å²) in [7, 11) is -1.20. The van der Waals surface area contributed by atoms with Crippen LogP contribution >= 0.6 is 0 Å². The summed E-state index contributed by atoms with van der Waals surface area (Å²) < 4.78 is 27.9. The minimum absolute atomic E-state index is 0.0811. The van der Waals surface area contributed by atoms with Gasteiger partial charge in [0.2, 0.25) is 5.88 Å². The van der Waals surface area contributed by atoms with Crippen molar-refractivity contribution in [3.8, 4) is 5.88 Å². The second-order valence-electron chi connectivity index (χ2n) is 5.32. The van der Waals surface area contributed by atoms with E-state index in [1.165, 1.54) is 6.26 Å². The number of pyridine rings is 1. The molecular weight excluding hydrogens is 278 g/mol. The summed E-state index contributed by atoms with van der Waals surface area (Å²) in [5, 5.41) is 0. The quantitative estimate of drug-likeness (QED) is 0.814. The SMILES string of the molecule is CC(C)COc1nc(N(C)CCS(C)(=O)=O)ccc1N. The van der Waals surface area contributed by atoms with Crippen molar-refractivity contribution in [2.75, 3.05) is 42.8 Å². The molecule has 0 aliphatic rings. The number of hydrogen-bond donors (Lipinski definition) is 1. The summed E-state index contributed by atoms with van der Waals surface area (Å²) in [5.41, 5.74) is 6.29. The predicted molar refractivity (Wildman–Crippen MR) is 82.0 cm³/mol. The van der Waals surface area contributed by atoms with Crippen molar-refractivity contribution in [1.29, 1.82) is 0 Å². The van der Waals surface area contributed by atoms with E-state index < -0.39 is 9.84 Å². The number of ether oxygens (including phenoxy) is 1. The zero-order valence-electron chi connectivity index (χ0n) is 12.5. The van der Waals surface area contributed by atoms with Crippen LogP contribution in [0, 0.1) is 5.92 Å². The molecule has 0 unspecified atom stereocenters. The maximum Gasteiger partial charge on any atom is 0.239 e. The molecule has 0 aliphatic heterocycles. The van der Waals surface area contributed by atoms with Crippen LogP contribution in [0.2, 0.25) is 0 Å². The van der Waals surface area contributed by atoms with Crippen molar-refractivity contribution in [2.45, 2.75) is 13.8 Å². The molecule has 1 heterocycles. The van der Waals surface area contributed by atoms with Gasteiger partial charge < -0.3 is 15.4 Å². The van der Waals surface area contributed by atoms with Gasteiger partial charge in [-0.2, -0.15) is 4.98 Å². The van der Waals surface area contributed by atoms with E-state index in [0.717, 1.165) is 0 Å². The second-order valence-corrected chi connectivity index (χ2v) is 7.58. The maximum atomic E-state index is 11.2. The van der Waals surface area contributed by atoms with Crippen LogP contribution < -0.4 is 15.4 Å². The van der Waals surface area contributed by atoms with Gasteiger partial charge in [-0.05, 0) is 18.1 Å². The van der Waals surface area contributed by atoms with E-state index in [1.54, 1.807) is 24.1 Å². The van der Waals surface area contributed by atoms with E-state index in [2.05, 4.69) is 4.98 Å². The summed E-state index contributed by atoms with van der Waals surface area (Å²) in [5.74, 6) is 1.49. The monoisotopic (exact) mass is 301 g/mol. The third-order valence-electron chi connectivity index (χ3n) is 2.62. The number of anilines is 2. The van der Waals surface area contributed by atoms with Crippen LogP contribution in [0.25, 0.3) is 0 Å². The van der Waals surface area contributed by atoms with Crippen LogP contribution in [0.4, 0.5) is 11.5 Å². The Kier molecular flexibility index (Phi) is 5.62. The van der Waals surface area contributed by atoms with Crippen LogP contribution in [-0.4, -0.2) is 45.6 Å². The molecule has 0 aromatic carbocycles. The molecule has 0 aliphatic carbocycles. The van der Waals surface area contributed by atoms with Gasteiger partial charge in [-0.15, -0.1) is 0 Å². The third kappa shape index (κ3) is 5.64. The Labute approximate surface area is 120 Å². The van der Waals surface area contributed by atoms with E-state index >= 15 is 0 Å². The van der Waals surface area contributed by atoms with Gasteiger partial charge in [0.05, 0.1) is 18.0 Å². The van der Waals surface area contributed by atoms with Crippen molar-refractivity contribution in [2.24, 2.45) is 5.92 Å². The van der Waals surface area contributed by atoms with Gasteiger partial charge in [-0.1, -0.05) is 13.8 Å². The Morgan fingerprint density at radius 1 is 1.40 bits per heavy atom. The van der Waals surface area contributed by atoms with Crippen LogP contribution in [0.15, 0.2) is 12.1 Å². The number of nitrogens with two attached hydrogens (primary N) is 1. The number of nitrogens with zero attached hydrogens (tertiary/aromatic N) is 2. The highest BCUT2D eigenvalue weighted by Gasteiger charge is 2.11. The van der Waals surface area contributed by atoms with Crippen molar-refractivity contribution < 1.29 is 13.2 Å². The zero-order valence-corrected chi connectivity index (χ0v) is 13.3. The van der Waals surface area contributed by atoms with Gasteiger partial charge in [0, 0.05) is 19.8 Å². The third-order valence-corrected chi connectivity index (χ3v) is 3.54. The molecule has 0 fully saturated rings. The molecule has 6 nitrogen and oxygen atoms in total. The van der Waals surface area contributed by atoms with E-state index in [1.807, 2.05) is 13.8 Å². The molecule has 1 aromatic rings. The van der Waals surface area contributed by atoms with Crippen LogP contribution in [0.3, 0.4) is 0 Å². The molecular formula is C13H23N3O3S. The average molecular weight is 301 g/mol. The molecule has 0 spiro atoms. The molecule has 7 heteroatoms. The van der Waals surface area contributed by atoms with Gasteiger partial charge in [0.25, 0.3) is 0 Å². The first kappa shape index (κ1) is 16.6. The topological polar surface area (TPSA) is 85.5 Å². The summed E-state index contributed by atoms with van der Waals surface area (Å²) in [6.45, 7) is 4.99. The molecule has 114 valence electrons. The number of hydrogen-bond acceptors (Lipinski definition) is 6. The lowest BCUT2D eigenvalue weighted by Crippen LogP contribution is -2.25. The van der Waals surface area contributed by atoms with Crippen molar-refractivity contribution >= 4 is 21.3 Å². The Bertz CT molecular complexity index is 544. The standard InChI is InChI=1S/C13H23N3O3S/c1-10(2)9-19-13-11(14)5-6-12(15-13)16(3)7-8-20(4,17)18/h5-6,10H,7-9,14H2,1-4H3. The first-order valence-corrected chi connectivity index (χ1v) is 8.53. The van der Waals surface area contributed by atoms with Gasteiger partial charge in [0.1, 0.15) is 15.7 Å². The largest absolute Gasteiger partial charge is 0.476 e. The summed E-state index contributed by atoms with van der Waals surface area (Å²) in [6, 6.07) is 3.47. The van der Waals surface area contributed by atoms with E-state index in [4.69, 9.17) is 10.5 Å². The van der Waals surface area contributed by atoms with Gasteiger partial charge in [-0.3, -0.25) is 0 Å². The second kappa shape index (κ2) is 6.78. The average Bonchev–Trinajstić information content (AvgIpc) is 2.34. The highest BCUT2D eigenvalue weighted by molar-refractivity contribution is 7.90. The van der Waals surface area contributed by atoms with Crippen LogP contribution in [0.5, 0.6) is 5.88 Å². The van der Waals surface area contributed by atoms with Gasteiger partial charge in [-0.25, -0.2) is 8.42 Å².